The maximum absolute atomic E-state index is 13.3. The zero-order valence-corrected chi connectivity index (χ0v) is 16.5. The van der Waals surface area contributed by atoms with Gasteiger partial charge in [-0.3, -0.25) is 14.5 Å². The van der Waals surface area contributed by atoms with Crippen molar-refractivity contribution in [2.45, 2.75) is 24.9 Å². The quantitative estimate of drug-likeness (QED) is 0.762. The summed E-state index contributed by atoms with van der Waals surface area (Å²) in [6.07, 6.45) is 3.63. The van der Waals surface area contributed by atoms with Gasteiger partial charge in [0, 0.05) is 25.6 Å². The Hall–Kier alpha value is -2.71. The van der Waals surface area contributed by atoms with Gasteiger partial charge in [0.1, 0.15) is 0 Å². The average molecular weight is 398 g/mol. The van der Waals surface area contributed by atoms with Gasteiger partial charge in [0.05, 0.1) is 42.4 Å². The monoisotopic (exact) mass is 398 g/mol. The van der Waals surface area contributed by atoms with Gasteiger partial charge in [0.2, 0.25) is 0 Å². The van der Waals surface area contributed by atoms with Crippen molar-refractivity contribution in [3.63, 3.8) is 0 Å². The smallest absolute Gasteiger partial charge is 0.317 e. The van der Waals surface area contributed by atoms with Gasteiger partial charge in [-0.2, -0.15) is 5.10 Å². The van der Waals surface area contributed by atoms with E-state index in [-0.39, 0.29) is 18.6 Å². The summed E-state index contributed by atoms with van der Waals surface area (Å²) in [6, 6.07) is 9.89. The number of nitrogens with zero attached hydrogens (tertiary/aromatic N) is 4. The molecule has 2 aromatic rings. The summed E-state index contributed by atoms with van der Waals surface area (Å²) in [6.45, 7) is 1.84. The molecule has 1 unspecified atom stereocenters. The average Bonchev–Trinajstić information content (AvgIpc) is 3.45. The van der Waals surface area contributed by atoms with Crippen molar-refractivity contribution < 1.29 is 19.4 Å². The number of carbonyl (C=O) groups is 2. The second-order valence-electron chi connectivity index (χ2n) is 7.80. The van der Waals surface area contributed by atoms with E-state index in [0.717, 1.165) is 24.2 Å². The molecule has 2 heterocycles. The number of aromatic nitrogens is 2. The zero-order chi connectivity index (χ0) is 20.4. The minimum Gasteiger partial charge on any atom is -0.480 e. The number of hydrogen-bond acceptors (Lipinski definition) is 5. The topological polar surface area (TPSA) is 87.9 Å². The molecule has 1 aliphatic carbocycles. The highest BCUT2D eigenvalue weighted by molar-refractivity contribution is 5.95. The first-order chi connectivity index (χ1) is 14.0. The molecule has 0 spiro atoms. The van der Waals surface area contributed by atoms with Crippen molar-refractivity contribution >= 4 is 11.9 Å². The molecule has 1 aliphatic heterocycles. The minimum absolute atomic E-state index is 0.0248. The molecule has 154 valence electrons. The maximum Gasteiger partial charge on any atom is 0.317 e. The summed E-state index contributed by atoms with van der Waals surface area (Å²) in [5.74, 6) is -0.530. The third-order valence-electron chi connectivity index (χ3n) is 5.35. The lowest BCUT2D eigenvalue weighted by molar-refractivity contribution is -0.138. The van der Waals surface area contributed by atoms with Crippen molar-refractivity contribution in [3.05, 3.63) is 47.8 Å². The van der Waals surface area contributed by atoms with E-state index in [1.54, 1.807) is 23.0 Å². The van der Waals surface area contributed by atoms with Crippen LogP contribution in [-0.4, -0.2) is 82.5 Å². The Morgan fingerprint density at radius 1 is 1.28 bits per heavy atom. The predicted molar refractivity (Wildman–Crippen MR) is 106 cm³/mol. The molecule has 4 rings (SSSR count). The Labute approximate surface area is 169 Å². The van der Waals surface area contributed by atoms with E-state index in [1.165, 1.54) is 0 Å². The van der Waals surface area contributed by atoms with Crippen molar-refractivity contribution in [2.24, 2.45) is 0 Å². The number of carboxylic acids is 1. The van der Waals surface area contributed by atoms with Crippen LogP contribution in [-0.2, 0) is 9.53 Å². The second-order valence-corrected chi connectivity index (χ2v) is 7.80. The molecule has 8 nitrogen and oxygen atoms in total. The van der Waals surface area contributed by atoms with E-state index >= 15 is 0 Å². The van der Waals surface area contributed by atoms with Crippen molar-refractivity contribution in [1.82, 2.24) is 19.6 Å². The van der Waals surface area contributed by atoms with Crippen LogP contribution in [0.3, 0.4) is 0 Å². The highest BCUT2D eigenvalue weighted by atomic mass is 16.5. The fraction of sp³-hybridized carbons (Fsp3) is 0.476. The fourth-order valence-electron chi connectivity index (χ4n) is 3.87. The van der Waals surface area contributed by atoms with E-state index in [4.69, 9.17) is 9.84 Å². The number of para-hydroxylation sites is 1. The van der Waals surface area contributed by atoms with Crippen LogP contribution in [0.25, 0.3) is 5.69 Å². The molecule has 2 aliphatic rings. The van der Waals surface area contributed by atoms with E-state index in [1.807, 2.05) is 35.0 Å². The van der Waals surface area contributed by atoms with Gasteiger partial charge in [0.15, 0.2) is 0 Å². The molecule has 8 heteroatoms. The predicted octanol–water partition coefficient (Wildman–Crippen LogP) is 1.61. The number of likely N-dealkylation sites (N-methyl/N-ethyl adjacent to an activating group) is 1. The van der Waals surface area contributed by atoms with E-state index < -0.39 is 5.97 Å². The van der Waals surface area contributed by atoms with Gasteiger partial charge in [-0.1, -0.05) is 18.2 Å². The third-order valence-corrected chi connectivity index (χ3v) is 5.35. The maximum atomic E-state index is 13.3. The molecule has 1 N–H and O–H groups in total. The number of amides is 1. The van der Waals surface area contributed by atoms with Crippen LogP contribution in [0.4, 0.5) is 0 Å². The number of ether oxygens (including phenoxy) is 1. The molecular formula is C21H26N4O4. The highest BCUT2D eigenvalue weighted by Gasteiger charge is 2.35. The Morgan fingerprint density at radius 2 is 2.03 bits per heavy atom. The first-order valence-corrected chi connectivity index (χ1v) is 9.97. The second kappa shape index (κ2) is 8.34. The summed E-state index contributed by atoms with van der Waals surface area (Å²) >= 11 is 0. The summed E-state index contributed by atoms with van der Waals surface area (Å²) in [7, 11) is 1.74. The van der Waals surface area contributed by atoms with Crippen LogP contribution >= 0.6 is 0 Å². The lowest BCUT2D eigenvalue weighted by Crippen LogP contribution is -2.49. The number of rotatable bonds is 7. The number of aliphatic carboxylic acids is 1. The van der Waals surface area contributed by atoms with Crippen LogP contribution in [0, 0.1) is 0 Å². The third kappa shape index (κ3) is 4.49. The molecule has 1 aromatic carbocycles. The zero-order valence-electron chi connectivity index (χ0n) is 16.5. The van der Waals surface area contributed by atoms with Gasteiger partial charge >= 0.3 is 5.97 Å². The van der Waals surface area contributed by atoms with Gasteiger partial charge < -0.3 is 14.7 Å². The molecular weight excluding hydrogens is 372 g/mol. The number of morpholine rings is 1. The van der Waals surface area contributed by atoms with Crippen LogP contribution in [0.2, 0.25) is 0 Å². The van der Waals surface area contributed by atoms with Crippen LogP contribution in [0.15, 0.2) is 36.5 Å². The Balaban J connectivity index is 1.51. The minimum atomic E-state index is -0.876. The Morgan fingerprint density at radius 3 is 2.72 bits per heavy atom. The molecule has 1 aromatic heterocycles. The first kappa shape index (κ1) is 19.6. The van der Waals surface area contributed by atoms with Crippen LogP contribution in [0.1, 0.15) is 34.8 Å². The van der Waals surface area contributed by atoms with Crippen molar-refractivity contribution in [3.8, 4) is 5.69 Å². The van der Waals surface area contributed by atoms with Gasteiger partial charge in [-0.25, -0.2) is 4.68 Å². The van der Waals surface area contributed by atoms with E-state index in [9.17, 15) is 9.59 Å². The largest absolute Gasteiger partial charge is 0.480 e. The molecule has 0 bridgehead atoms. The standard InChI is InChI=1S/C21H26N4O4/c1-23(14-19(26)27)12-17-13-24(9-10-29-17)21(28)18-11-22-25(20(18)15-7-8-15)16-5-3-2-4-6-16/h2-6,11,15,17H,7-10,12-14H2,1H3,(H,26,27). The molecule has 1 saturated heterocycles. The normalized spacial score (nSPS) is 19.5. The van der Waals surface area contributed by atoms with Gasteiger partial charge in [0.25, 0.3) is 5.91 Å². The van der Waals surface area contributed by atoms with Gasteiger partial charge in [-0.05, 0) is 32.0 Å². The number of benzene rings is 1. The Bertz CT molecular complexity index is 878. The Kier molecular flexibility index (Phi) is 5.64. The van der Waals surface area contributed by atoms with Crippen molar-refractivity contribution in [2.75, 3.05) is 39.8 Å². The number of carbonyl (C=O) groups excluding carboxylic acids is 1. The summed E-state index contributed by atoms with van der Waals surface area (Å²) in [4.78, 5) is 27.7. The summed E-state index contributed by atoms with van der Waals surface area (Å²) < 4.78 is 7.65. The number of carboxylic acid groups (broad SMARTS) is 1. The van der Waals surface area contributed by atoms with Crippen LogP contribution in [0.5, 0.6) is 0 Å². The molecule has 1 amide bonds. The first-order valence-electron chi connectivity index (χ1n) is 9.97. The molecule has 1 atom stereocenters. The summed E-state index contributed by atoms with van der Waals surface area (Å²) in [5, 5.41) is 13.5. The fourth-order valence-corrected chi connectivity index (χ4v) is 3.87. The lowest BCUT2D eigenvalue weighted by atomic mass is 10.1. The van der Waals surface area contributed by atoms with Crippen LogP contribution < -0.4 is 0 Å². The SMILES string of the molecule is CN(CC(=O)O)CC1CN(C(=O)c2cnn(-c3ccccc3)c2C2CC2)CCO1. The number of hydrogen-bond donors (Lipinski definition) is 1. The van der Waals surface area contributed by atoms with E-state index in [2.05, 4.69) is 5.10 Å². The van der Waals surface area contributed by atoms with E-state index in [0.29, 0.717) is 37.7 Å². The molecule has 0 radical (unpaired) electrons. The van der Waals surface area contributed by atoms with Crippen molar-refractivity contribution in [1.29, 1.82) is 0 Å². The lowest BCUT2D eigenvalue weighted by Gasteiger charge is -2.34. The highest BCUT2D eigenvalue weighted by Crippen LogP contribution is 2.42. The molecule has 29 heavy (non-hydrogen) atoms. The summed E-state index contributed by atoms with van der Waals surface area (Å²) in [5.41, 5.74) is 2.62. The van der Waals surface area contributed by atoms with Gasteiger partial charge in [-0.15, -0.1) is 0 Å². The molecule has 2 fully saturated rings. The molecule has 1 saturated carbocycles.